The van der Waals surface area contributed by atoms with Crippen molar-refractivity contribution in [1.82, 2.24) is 0 Å². The fourth-order valence-corrected chi connectivity index (χ4v) is 1.18. The van der Waals surface area contributed by atoms with Crippen LogP contribution in [0, 0.1) is 24.1 Å². The van der Waals surface area contributed by atoms with E-state index >= 15 is 0 Å². The first-order valence-corrected chi connectivity index (χ1v) is 4.47. The fourth-order valence-electron chi connectivity index (χ4n) is 1.18. The number of rotatable bonds is 2. The largest absolute Gasteiger partial charge is 0.462 e. The molecule has 0 amide bonds. The van der Waals surface area contributed by atoms with Gasteiger partial charge in [-0.05, 0) is 31.5 Å². The topological polar surface area (TPSA) is 50.1 Å². The van der Waals surface area contributed by atoms with E-state index in [2.05, 4.69) is 0 Å². The third kappa shape index (κ3) is 2.32. The van der Waals surface area contributed by atoms with Crippen LogP contribution in [0.25, 0.3) is 0 Å². The highest BCUT2D eigenvalue weighted by molar-refractivity contribution is 5.90. The standard InChI is InChI=1S/C11H10FNO2/c1-3-15-11(14)8-4-7(2)10(12)9(5-8)6-13/h4-5H,3H2,1-2H3. The molecular weight excluding hydrogens is 197 g/mol. The number of carbonyl (C=O) groups excluding carboxylic acids is 1. The molecule has 1 aromatic carbocycles. The van der Waals surface area contributed by atoms with Crippen LogP contribution in [0.2, 0.25) is 0 Å². The minimum absolute atomic E-state index is 0.141. The molecule has 0 N–H and O–H groups in total. The maximum Gasteiger partial charge on any atom is 0.338 e. The predicted octanol–water partition coefficient (Wildman–Crippen LogP) is 2.18. The third-order valence-corrected chi connectivity index (χ3v) is 1.89. The maximum absolute atomic E-state index is 13.3. The summed E-state index contributed by atoms with van der Waals surface area (Å²) in [5.74, 6) is -1.14. The van der Waals surface area contributed by atoms with E-state index in [4.69, 9.17) is 10.00 Å². The van der Waals surface area contributed by atoms with Gasteiger partial charge in [-0.1, -0.05) is 0 Å². The Labute approximate surface area is 87.1 Å². The molecule has 0 heterocycles. The smallest absolute Gasteiger partial charge is 0.338 e. The van der Waals surface area contributed by atoms with Crippen LogP contribution in [-0.2, 0) is 4.74 Å². The number of aryl methyl sites for hydroxylation is 1. The molecule has 0 atom stereocenters. The first kappa shape index (κ1) is 11.2. The van der Waals surface area contributed by atoms with Gasteiger partial charge in [0, 0.05) is 0 Å². The van der Waals surface area contributed by atoms with Crippen molar-refractivity contribution in [3.8, 4) is 6.07 Å². The minimum atomic E-state index is -0.592. The Morgan fingerprint density at radius 3 is 2.80 bits per heavy atom. The second kappa shape index (κ2) is 4.56. The van der Waals surface area contributed by atoms with Crippen LogP contribution in [-0.4, -0.2) is 12.6 Å². The van der Waals surface area contributed by atoms with E-state index in [1.807, 2.05) is 0 Å². The summed E-state index contributed by atoms with van der Waals surface area (Å²) >= 11 is 0. The molecule has 0 spiro atoms. The van der Waals surface area contributed by atoms with Gasteiger partial charge in [-0.25, -0.2) is 9.18 Å². The lowest BCUT2D eigenvalue weighted by atomic mass is 10.1. The monoisotopic (exact) mass is 207 g/mol. The number of hydrogen-bond acceptors (Lipinski definition) is 3. The predicted molar refractivity (Wildman–Crippen MR) is 51.8 cm³/mol. The van der Waals surface area contributed by atoms with Crippen LogP contribution in [0.3, 0.4) is 0 Å². The Hall–Kier alpha value is -1.89. The van der Waals surface area contributed by atoms with E-state index in [0.717, 1.165) is 0 Å². The zero-order valence-corrected chi connectivity index (χ0v) is 8.50. The normalized spacial score (nSPS) is 9.47. The molecule has 0 aliphatic heterocycles. The molecule has 1 aromatic rings. The maximum atomic E-state index is 13.3. The van der Waals surface area contributed by atoms with E-state index in [1.54, 1.807) is 13.0 Å². The molecule has 0 unspecified atom stereocenters. The van der Waals surface area contributed by atoms with Gasteiger partial charge < -0.3 is 4.74 Å². The van der Waals surface area contributed by atoms with Crippen molar-refractivity contribution in [2.75, 3.05) is 6.61 Å². The zero-order chi connectivity index (χ0) is 11.4. The van der Waals surface area contributed by atoms with Gasteiger partial charge in [0.15, 0.2) is 0 Å². The van der Waals surface area contributed by atoms with E-state index in [1.165, 1.54) is 19.1 Å². The van der Waals surface area contributed by atoms with Gasteiger partial charge in [0.2, 0.25) is 0 Å². The van der Waals surface area contributed by atoms with Crippen molar-refractivity contribution in [2.24, 2.45) is 0 Å². The number of ether oxygens (including phenoxy) is 1. The molecule has 4 heteroatoms. The molecule has 3 nitrogen and oxygen atoms in total. The van der Waals surface area contributed by atoms with Gasteiger partial charge in [0.05, 0.1) is 17.7 Å². The van der Waals surface area contributed by atoms with Crippen LogP contribution >= 0.6 is 0 Å². The fraction of sp³-hybridized carbons (Fsp3) is 0.273. The second-order valence-corrected chi connectivity index (χ2v) is 2.99. The number of hydrogen-bond donors (Lipinski definition) is 0. The van der Waals surface area contributed by atoms with Crippen LogP contribution in [0.5, 0.6) is 0 Å². The van der Waals surface area contributed by atoms with Gasteiger partial charge in [-0.2, -0.15) is 5.26 Å². The highest BCUT2D eigenvalue weighted by Gasteiger charge is 2.12. The molecule has 0 saturated heterocycles. The van der Waals surface area contributed by atoms with E-state index in [0.29, 0.717) is 0 Å². The van der Waals surface area contributed by atoms with Crippen molar-refractivity contribution in [2.45, 2.75) is 13.8 Å². The summed E-state index contributed by atoms with van der Waals surface area (Å²) in [6.45, 7) is 3.43. The van der Waals surface area contributed by atoms with E-state index < -0.39 is 11.8 Å². The quantitative estimate of drug-likeness (QED) is 0.698. The lowest BCUT2D eigenvalue weighted by molar-refractivity contribution is 0.0526. The van der Waals surface area contributed by atoms with Crippen molar-refractivity contribution >= 4 is 5.97 Å². The molecule has 0 bridgehead atoms. The minimum Gasteiger partial charge on any atom is -0.462 e. The number of nitrogens with zero attached hydrogens (tertiary/aromatic N) is 1. The molecule has 0 saturated carbocycles. The molecule has 0 aliphatic carbocycles. The second-order valence-electron chi connectivity index (χ2n) is 2.99. The molecule has 0 radical (unpaired) electrons. The summed E-state index contributed by atoms with van der Waals surface area (Å²) in [5, 5.41) is 8.64. The summed E-state index contributed by atoms with van der Waals surface area (Å²) in [6, 6.07) is 4.25. The first-order valence-electron chi connectivity index (χ1n) is 4.47. The van der Waals surface area contributed by atoms with Crippen LogP contribution in [0.15, 0.2) is 12.1 Å². The highest BCUT2D eigenvalue weighted by Crippen LogP contribution is 2.15. The summed E-state index contributed by atoms with van der Waals surface area (Å²) in [4.78, 5) is 11.3. The zero-order valence-electron chi connectivity index (χ0n) is 8.50. The van der Waals surface area contributed by atoms with Crippen LogP contribution in [0.1, 0.15) is 28.4 Å². The SMILES string of the molecule is CCOC(=O)c1cc(C)c(F)c(C#N)c1. The van der Waals surface area contributed by atoms with Gasteiger partial charge in [-0.15, -0.1) is 0 Å². The average Bonchev–Trinajstić information content (AvgIpc) is 2.22. The molecule has 0 fully saturated rings. The summed E-state index contributed by atoms with van der Waals surface area (Å²) in [7, 11) is 0. The van der Waals surface area contributed by atoms with Gasteiger partial charge >= 0.3 is 5.97 Å². The highest BCUT2D eigenvalue weighted by atomic mass is 19.1. The lowest BCUT2D eigenvalue weighted by Gasteiger charge is -2.04. The Morgan fingerprint density at radius 2 is 2.27 bits per heavy atom. The third-order valence-electron chi connectivity index (χ3n) is 1.89. The Kier molecular flexibility index (Phi) is 3.40. The number of benzene rings is 1. The average molecular weight is 207 g/mol. The summed E-state index contributed by atoms with van der Waals surface area (Å²) < 4.78 is 18.0. The summed E-state index contributed by atoms with van der Waals surface area (Å²) in [6.07, 6.45) is 0. The molecule has 15 heavy (non-hydrogen) atoms. The Balaban J connectivity index is 3.18. The lowest BCUT2D eigenvalue weighted by Crippen LogP contribution is -2.06. The number of nitriles is 1. The first-order chi connectivity index (χ1) is 7.10. The number of halogens is 1. The van der Waals surface area contributed by atoms with E-state index in [9.17, 15) is 9.18 Å². The molecule has 0 aromatic heterocycles. The van der Waals surface area contributed by atoms with E-state index in [-0.39, 0.29) is 23.3 Å². The molecule has 0 aliphatic rings. The summed E-state index contributed by atoms with van der Waals surface area (Å²) in [5.41, 5.74) is 0.322. The van der Waals surface area contributed by atoms with Gasteiger partial charge in [0.1, 0.15) is 11.9 Å². The number of carbonyl (C=O) groups is 1. The number of esters is 1. The van der Waals surface area contributed by atoms with Crippen molar-refractivity contribution in [3.63, 3.8) is 0 Å². The van der Waals surface area contributed by atoms with Crippen molar-refractivity contribution in [1.29, 1.82) is 5.26 Å². The Morgan fingerprint density at radius 1 is 1.60 bits per heavy atom. The van der Waals surface area contributed by atoms with Gasteiger partial charge in [-0.3, -0.25) is 0 Å². The Bertz CT molecular complexity index is 435. The molecule has 78 valence electrons. The molecular formula is C11H10FNO2. The van der Waals surface area contributed by atoms with Crippen molar-refractivity contribution in [3.05, 3.63) is 34.6 Å². The molecule has 1 rings (SSSR count). The van der Waals surface area contributed by atoms with Crippen molar-refractivity contribution < 1.29 is 13.9 Å². The van der Waals surface area contributed by atoms with Crippen LogP contribution < -0.4 is 0 Å². The van der Waals surface area contributed by atoms with Gasteiger partial charge in [0.25, 0.3) is 0 Å². The van der Waals surface area contributed by atoms with Crippen LogP contribution in [0.4, 0.5) is 4.39 Å².